The molecule has 0 amide bonds. The van der Waals surface area contributed by atoms with Crippen molar-refractivity contribution in [1.82, 2.24) is 10.6 Å². The average molecular weight is 180 g/mol. The Morgan fingerprint density at radius 1 is 1.62 bits per heavy atom. The second-order valence-electron chi connectivity index (χ2n) is 3.09. The summed E-state index contributed by atoms with van der Waals surface area (Å²) in [7, 11) is 1.40. The van der Waals surface area contributed by atoms with Crippen LogP contribution in [0.15, 0.2) is 23.8 Å². The molecule has 0 aromatic rings. The van der Waals surface area contributed by atoms with Gasteiger partial charge >= 0.3 is 5.97 Å². The summed E-state index contributed by atoms with van der Waals surface area (Å²) in [5.74, 6) is -0.254. The highest BCUT2D eigenvalue weighted by atomic mass is 16.5. The molecule has 1 heterocycles. The van der Waals surface area contributed by atoms with Gasteiger partial charge in [-0.2, -0.15) is 0 Å². The maximum Gasteiger partial charge on any atom is 0.335 e. The summed E-state index contributed by atoms with van der Waals surface area (Å²) in [5, 5.41) is 6.41. The molecule has 0 saturated carbocycles. The van der Waals surface area contributed by atoms with Crippen LogP contribution in [0.25, 0.3) is 0 Å². The zero-order valence-electron chi connectivity index (χ0n) is 7.41. The first kappa shape index (κ1) is 8.47. The molecular weight excluding hydrogens is 168 g/mol. The fourth-order valence-corrected chi connectivity index (χ4v) is 1.71. The van der Waals surface area contributed by atoms with Crippen LogP contribution >= 0.6 is 0 Å². The molecule has 4 nitrogen and oxygen atoms in total. The Kier molecular flexibility index (Phi) is 2.16. The van der Waals surface area contributed by atoms with E-state index in [4.69, 9.17) is 0 Å². The van der Waals surface area contributed by atoms with E-state index < -0.39 is 0 Å². The monoisotopic (exact) mass is 180 g/mol. The van der Waals surface area contributed by atoms with E-state index in [1.807, 2.05) is 12.2 Å². The lowest BCUT2D eigenvalue weighted by atomic mass is 9.96. The van der Waals surface area contributed by atoms with Crippen LogP contribution in [0.1, 0.15) is 0 Å². The van der Waals surface area contributed by atoms with E-state index in [0.29, 0.717) is 5.57 Å². The number of hydrogen-bond acceptors (Lipinski definition) is 4. The Morgan fingerprint density at radius 2 is 2.46 bits per heavy atom. The highest BCUT2D eigenvalue weighted by Gasteiger charge is 2.32. The first-order valence-electron chi connectivity index (χ1n) is 4.26. The van der Waals surface area contributed by atoms with Gasteiger partial charge in [0.15, 0.2) is 0 Å². The minimum Gasteiger partial charge on any atom is -0.466 e. The lowest BCUT2D eigenvalue weighted by Crippen LogP contribution is -2.38. The largest absolute Gasteiger partial charge is 0.466 e. The topological polar surface area (TPSA) is 50.4 Å². The number of esters is 1. The van der Waals surface area contributed by atoms with Gasteiger partial charge < -0.3 is 4.74 Å². The Hall–Kier alpha value is -1.13. The molecule has 4 heteroatoms. The standard InChI is InChI=1S/C9H12N2O2/c1-13-9(12)6-3-2-4-7-8(6)11-5-10-7/h2-4,7-8,10-11H,5H2,1H3. The van der Waals surface area contributed by atoms with Crippen LogP contribution in [-0.2, 0) is 9.53 Å². The number of rotatable bonds is 1. The molecule has 2 aliphatic rings. The summed E-state index contributed by atoms with van der Waals surface area (Å²) in [6.07, 6.45) is 5.72. The minimum atomic E-state index is -0.254. The van der Waals surface area contributed by atoms with Gasteiger partial charge in [0.05, 0.1) is 18.7 Å². The number of hydrogen-bond donors (Lipinski definition) is 2. The van der Waals surface area contributed by atoms with Gasteiger partial charge in [0.1, 0.15) is 0 Å². The quantitative estimate of drug-likeness (QED) is 0.536. The van der Waals surface area contributed by atoms with Crippen molar-refractivity contribution in [2.24, 2.45) is 0 Å². The maximum atomic E-state index is 11.3. The number of carbonyl (C=O) groups is 1. The lowest BCUT2D eigenvalue weighted by Gasteiger charge is -2.20. The molecule has 2 atom stereocenters. The van der Waals surface area contributed by atoms with E-state index in [9.17, 15) is 4.79 Å². The van der Waals surface area contributed by atoms with Crippen molar-refractivity contribution in [2.75, 3.05) is 13.8 Å². The molecule has 1 aliphatic heterocycles. The number of methoxy groups -OCH3 is 1. The fourth-order valence-electron chi connectivity index (χ4n) is 1.71. The van der Waals surface area contributed by atoms with Crippen molar-refractivity contribution < 1.29 is 9.53 Å². The normalized spacial score (nSPS) is 31.0. The predicted octanol–water partition coefficient (Wildman–Crippen LogP) is -0.457. The van der Waals surface area contributed by atoms with Crippen LogP contribution in [0.5, 0.6) is 0 Å². The Morgan fingerprint density at radius 3 is 3.23 bits per heavy atom. The van der Waals surface area contributed by atoms with Crippen LogP contribution in [-0.4, -0.2) is 31.8 Å². The van der Waals surface area contributed by atoms with E-state index in [1.54, 1.807) is 6.08 Å². The smallest absolute Gasteiger partial charge is 0.335 e. The third kappa shape index (κ3) is 1.38. The second kappa shape index (κ2) is 3.32. The van der Waals surface area contributed by atoms with Gasteiger partial charge in [-0.05, 0) is 0 Å². The molecule has 2 rings (SSSR count). The zero-order valence-corrected chi connectivity index (χ0v) is 7.41. The minimum absolute atomic E-state index is 0.0671. The first-order chi connectivity index (χ1) is 6.33. The molecule has 0 radical (unpaired) electrons. The highest BCUT2D eigenvalue weighted by molar-refractivity contribution is 5.90. The third-order valence-electron chi connectivity index (χ3n) is 2.37. The Labute approximate surface area is 76.6 Å². The van der Waals surface area contributed by atoms with Crippen molar-refractivity contribution in [3.8, 4) is 0 Å². The molecule has 13 heavy (non-hydrogen) atoms. The van der Waals surface area contributed by atoms with E-state index >= 15 is 0 Å². The number of carbonyl (C=O) groups excluding carboxylic acids is 1. The molecule has 0 spiro atoms. The summed E-state index contributed by atoms with van der Waals surface area (Å²) in [6.45, 7) is 0.730. The number of fused-ring (bicyclic) bond motifs is 1. The van der Waals surface area contributed by atoms with Crippen LogP contribution < -0.4 is 10.6 Å². The zero-order chi connectivity index (χ0) is 9.26. The van der Waals surface area contributed by atoms with Gasteiger partial charge in [0.25, 0.3) is 0 Å². The molecule has 0 bridgehead atoms. The maximum absolute atomic E-state index is 11.3. The van der Waals surface area contributed by atoms with Crippen LogP contribution in [0, 0.1) is 0 Å². The Bertz CT molecular complexity index is 283. The molecule has 2 unspecified atom stereocenters. The van der Waals surface area contributed by atoms with Gasteiger partial charge in [-0.1, -0.05) is 18.2 Å². The molecule has 1 aliphatic carbocycles. The molecule has 0 aromatic carbocycles. The van der Waals surface area contributed by atoms with Crippen LogP contribution in [0.3, 0.4) is 0 Å². The molecule has 1 fully saturated rings. The van der Waals surface area contributed by atoms with Gasteiger partial charge in [-0.15, -0.1) is 0 Å². The summed E-state index contributed by atoms with van der Waals surface area (Å²) >= 11 is 0. The number of nitrogens with one attached hydrogen (secondary N) is 2. The summed E-state index contributed by atoms with van der Waals surface area (Å²) in [6, 6.07) is 0.288. The summed E-state index contributed by atoms with van der Waals surface area (Å²) in [4.78, 5) is 11.3. The average Bonchev–Trinajstić information content (AvgIpc) is 2.63. The lowest BCUT2D eigenvalue weighted by molar-refractivity contribution is -0.136. The van der Waals surface area contributed by atoms with E-state index in [-0.39, 0.29) is 18.1 Å². The third-order valence-corrected chi connectivity index (χ3v) is 2.37. The first-order valence-corrected chi connectivity index (χ1v) is 4.26. The molecule has 2 N–H and O–H groups in total. The van der Waals surface area contributed by atoms with Gasteiger partial charge in [-0.25, -0.2) is 4.79 Å². The number of allylic oxidation sites excluding steroid dienone is 2. The van der Waals surface area contributed by atoms with Crippen molar-refractivity contribution in [3.05, 3.63) is 23.8 Å². The van der Waals surface area contributed by atoms with Crippen LogP contribution in [0.2, 0.25) is 0 Å². The number of ether oxygens (including phenoxy) is 1. The van der Waals surface area contributed by atoms with Gasteiger partial charge in [0.2, 0.25) is 0 Å². The second-order valence-corrected chi connectivity index (χ2v) is 3.09. The highest BCUT2D eigenvalue weighted by Crippen LogP contribution is 2.17. The van der Waals surface area contributed by atoms with Crippen molar-refractivity contribution in [1.29, 1.82) is 0 Å². The molecule has 70 valence electrons. The van der Waals surface area contributed by atoms with Gasteiger partial charge in [0, 0.05) is 12.7 Å². The molecule has 0 aromatic heterocycles. The van der Waals surface area contributed by atoms with E-state index in [1.165, 1.54) is 7.11 Å². The van der Waals surface area contributed by atoms with Crippen molar-refractivity contribution in [3.63, 3.8) is 0 Å². The van der Waals surface area contributed by atoms with Crippen molar-refractivity contribution in [2.45, 2.75) is 12.1 Å². The molecule has 1 saturated heterocycles. The van der Waals surface area contributed by atoms with Gasteiger partial charge in [-0.3, -0.25) is 10.6 Å². The fraction of sp³-hybridized carbons (Fsp3) is 0.444. The van der Waals surface area contributed by atoms with Crippen molar-refractivity contribution >= 4 is 5.97 Å². The van der Waals surface area contributed by atoms with E-state index in [0.717, 1.165) is 6.67 Å². The Balaban J connectivity index is 2.22. The summed E-state index contributed by atoms with van der Waals surface area (Å²) < 4.78 is 4.69. The summed E-state index contributed by atoms with van der Waals surface area (Å²) in [5.41, 5.74) is 0.694. The predicted molar refractivity (Wildman–Crippen MR) is 48.0 cm³/mol. The molecular formula is C9H12N2O2. The van der Waals surface area contributed by atoms with E-state index in [2.05, 4.69) is 15.4 Å². The van der Waals surface area contributed by atoms with Crippen LogP contribution in [0.4, 0.5) is 0 Å². The SMILES string of the molecule is COC(=O)C1=CC=CC2NCNC12.